The summed E-state index contributed by atoms with van der Waals surface area (Å²) >= 11 is 1.36. The van der Waals surface area contributed by atoms with E-state index in [0.29, 0.717) is 47.2 Å². The molecule has 3 aromatic rings. The second-order valence-electron chi connectivity index (χ2n) is 7.83. The van der Waals surface area contributed by atoms with Crippen molar-refractivity contribution in [1.29, 1.82) is 0 Å². The molecule has 0 bridgehead atoms. The fourth-order valence-electron chi connectivity index (χ4n) is 3.76. The number of amides is 3. The number of hydrogen-bond donors (Lipinski definition) is 2. The summed E-state index contributed by atoms with van der Waals surface area (Å²) < 4.78 is 1.60. The third-order valence-electron chi connectivity index (χ3n) is 5.57. The molecule has 1 fully saturated rings. The Labute approximate surface area is 190 Å². The Morgan fingerprint density at radius 3 is 2.56 bits per heavy atom. The molecule has 1 saturated heterocycles. The summed E-state index contributed by atoms with van der Waals surface area (Å²) in [7, 11) is 1.77. The third kappa shape index (κ3) is 5.05. The number of nitrogens with one attached hydrogen (secondary N) is 2. The Kier molecular flexibility index (Phi) is 6.65. The highest BCUT2D eigenvalue weighted by Crippen LogP contribution is 2.23. The number of nitrogens with zero attached hydrogens (tertiary/aromatic N) is 3. The van der Waals surface area contributed by atoms with Gasteiger partial charge in [-0.3, -0.25) is 19.1 Å². The van der Waals surface area contributed by atoms with E-state index >= 15 is 0 Å². The average Bonchev–Trinajstić information content (AvgIpc) is 3.50. The maximum atomic E-state index is 13.1. The van der Waals surface area contributed by atoms with Crippen LogP contribution in [-0.4, -0.2) is 52.0 Å². The fourth-order valence-corrected chi connectivity index (χ4v) is 4.38. The SMILES string of the molecule is Cn1cc(C(=O)NCC2CCN(C(=O)c3ccccc3NC(=O)c3cccs3)CC2)cn1. The van der Waals surface area contributed by atoms with Gasteiger partial charge in [0.05, 0.1) is 27.9 Å². The van der Waals surface area contributed by atoms with E-state index in [0.717, 1.165) is 12.8 Å². The highest BCUT2D eigenvalue weighted by Gasteiger charge is 2.26. The van der Waals surface area contributed by atoms with Gasteiger partial charge in [-0.05, 0) is 42.3 Å². The van der Waals surface area contributed by atoms with E-state index in [4.69, 9.17) is 0 Å². The highest BCUT2D eigenvalue weighted by molar-refractivity contribution is 7.12. The Hall–Kier alpha value is -3.46. The molecule has 3 heterocycles. The predicted molar refractivity (Wildman–Crippen MR) is 123 cm³/mol. The second kappa shape index (κ2) is 9.78. The highest BCUT2D eigenvalue weighted by atomic mass is 32.1. The van der Waals surface area contributed by atoms with Crippen LogP contribution < -0.4 is 10.6 Å². The van der Waals surface area contributed by atoms with Crippen molar-refractivity contribution in [2.75, 3.05) is 25.0 Å². The van der Waals surface area contributed by atoms with Gasteiger partial charge in [0.15, 0.2) is 0 Å². The molecule has 8 nitrogen and oxygen atoms in total. The zero-order valence-corrected chi connectivity index (χ0v) is 18.6. The number of rotatable bonds is 6. The number of para-hydroxylation sites is 1. The van der Waals surface area contributed by atoms with Gasteiger partial charge in [-0.1, -0.05) is 18.2 Å². The summed E-state index contributed by atoms with van der Waals surface area (Å²) in [6, 6.07) is 10.7. The summed E-state index contributed by atoms with van der Waals surface area (Å²) in [4.78, 5) is 40.2. The number of anilines is 1. The molecule has 1 aliphatic heterocycles. The van der Waals surface area contributed by atoms with Crippen LogP contribution in [0.25, 0.3) is 0 Å². The van der Waals surface area contributed by atoms with E-state index in [2.05, 4.69) is 15.7 Å². The number of aryl methyl sites for hydroxylation is 1. The van der Waals surface area contributed by atoms with Crippen molar-refractivity contribution < 1.29 is 14.4 Å². The molecule has 0 atom stereocenters. The lowest BCUT2D eigenvalue weighted by Gasteiger charge is -2.32. The first-order valence-electron chi connectivity index (χ1n) is 10.5. The molecule has 2 aromatic heterocycles. The quantitative estimate of drug-likeness (QED) is 0.602. The number of likely N-dealkylation sites (tertiary alicyclic amines) is 1. The van der Waals surface area contributed by atoms with E-state index in [9.17, 15) is 14.4 Å². The molecular weight excluding hydrogens is 426 g/mol. The zero-order chi connectivity index (χ0) is 22.5. The van der Waals surface area contributed by atoms with Crippen molar-refractivity contribution in [2.24, 2.45) is 13.0 Å². The van der Waals surface area contributed by atoms with Crippen LogP contribution >= 0.6 is 11.3 Å². The Bertz CT molecular complexity index is 1100. The monoisotopic (exact) mass is 451 g/mol. The maximum absolute atomic E-state index is 13.1. The molecule has 0 aliphatic carbocycles. The molecule has 0 spiro atoms. The minimum Gasteiger partial charge on any atom is -0.352 e. The molecule has 9 heteroatoms. The van der Waals surface area contributed by atoms with Gasteiger partial charge in [0.2, 0.25) is 0 Å². The van der Waals surface area contributed by atoms with Gasteiger partial charge in [-0.25, -0.2) is 0 Å². The molecule has 0 radical (unpaired) electrons. The van der Waals surface area contributed by atoms with Crippen LogP contribution in [0.4, 0.5) is 5.69 Å². The lowest BCUT2D eigenvalue weighted by molar-refractivity contribution is 0.0685. The first kappa shape index (κ1) is 21.8. The van der Waals surface area contributed by atoms with E-state index in [1.54, 1.807) is 54.5 Å². The van der Waals surface area contributed by atoms with Crippen molar-refractivity contribution in [2.45, 2.75) is 12.8 Å². The number of thiophene rings is 1. The van der Waals surface area contributed by atoms with Crippen LogP contribution in [0.2, 0.25) is 0 Å². The van der Waals surface area contributed by atoms with Crippen molar-refractivity contribution in [1.82, 2.24) is 20.0 Å². The van der Waals surface area contributed by atoms with Gasteiger partial charge in [0, 0.05) is 32.9 Å². The summed E-state index contributed by atoms with van der Waals surface area (Å²) in [5.41, 5.74) is 1.55. The van der Waals surface area contributed by atoms with Gasteiger partial charge < -0.3 is 15.5 Å². The molecular formula is C23H25N5O3S. The number of benzene rings is 1. The first-order chi connectivity index (χ1) is 15.5. The molecule has 1 aliphatic rings. The summed E-state index contributed by atoms with van der Waals surface area (Å²) in [6.07, 6.45) is 4.85. The van der Waals surface area contributed by atoms with Gasteiger partial charge >= 0.3 is 0 Å². The van der Waals surface area contributed by atoms with Crippen LogP contribution in [0.15, 0.2) is 54.2 Å². The molecule has 0 unspecified atom stereocenters. The minimum atomic E-state index is -0.219. The third-order valence-corrected chi connectivity index (χ3v) is 6.44. The first-order valence-corrected chi connectivity index (χ1v) is 11.4. The Morgan fingerprint density at radius 2 is 1.88 bits per heavy atom. The van der Waals surface area contributed by atoms with E-state index < -0.39 is 0 Å². The lowest BCUT2D eigenvalue weighted by Crippen LogP contribution is -2.41. The largest absolute Gasteiger partial charge is 0.352 e. The number of carbonyl (C=O) groups excluding carboxylic acids is 3. The normalized spacial score (nSPS) is 14.2. The molecule has 0 saturated carbocycles. The average molecular weight is 452 g/mol. The minimum absolute atomic E-state index is 0.0927. The molecule has 2 N–H and O–H groups in total. The van der Waals surface area contributed by atoms with Crippen molar-refractivity contribution in [3.63, 3.8) is 0 Å². The smallest absolute Gasteiger partial charge is 0.265 e. The second-order valence-corrected chi connectivity index (χ2v) is 8.77. The predicted octanol–water partition coefficient (Wildman–Crippen LogP) is 3.02. The van der Waals surface area contributed by atoms with Crippen LogP contribution in [0, 0.1) is 5.92 Å². The van der Waals surface area contributed by atoms with Gasteiger partial charge in [0.25, 0.3) is 17.7 Å². The topological polar surface area (TPSA) is 96.3 Å². The van der Waals surface area contributed by atoms with Crippen LogP contribution in [0.5, 0.6) is 0 Å². The standard InChI is InChI=1S/C23H25N5O3S/c1-27-15-17(14-25-27)21(29)24-13-16-8-10-28(11-9-16)23(31)18-5-2-3-6-19(18)26-22(30)20-7-4-12-32-20/h2-7,12,14-16H,8-11,13H2,1H3,(H,24,29)(H,26,30). The molecule has 166 valence electrons. The van der Waals surface area contributed by atoms with Gasteiger partial charge in [-0.2, -0.15) is 5.10 Å². The van der Waals surface area contributed by atoms with Crippen molar-refractivity contribution in [3.05, 3.63) is 70.2 Å². The van der Waals surface area contributed by atoms with Crippen molar-refractivity contribution >= 4 is 34.7 Å². The lowest BCUT2D eigenvalue weighted by atomic mass is 9.96. The molecule has 4 rings (SSSR count). The van der Waals surface area contributed by atoms with Crippen LogP contribution in [0.3, 0.4) is 0 Å². The summed E-state index contributed by atoms with van der Waals surface area (Å²) in [5.74, 6) is -0.131. The summed E-state index contributed by atoms with van der Waals surface area (Å²) in [5, 5.41) is 11.7. The van der Waals surface area contributed by atoms with E-state index in [-0.39, 0.29) is 17.7 Å². The number of piperidine rings is 1. The zero-order valence-electron chi connectivity index (χ0n) is 17.8. The Balaban J connectivity index is 1.32. The number of aromatic nitrogens is 2. The molecule has 3 amide bonds. The van der Waals surface area contributed by atoms with Gasteiger partial charge in [-0.15, -0.1) is 11.3 Å². The van der Waals surface area contributed by atoms with Gasteiger partial charge in [0.1, 0.15) is 0 Å². The summed E-state index contributed by atoms with van der Waals surface area (Å²) in [6.45, 7) is 1.79. The fraction of sp³-hybridized carbons (Fsp3) is 0.304. The number of hydrogen-bond acceptors (Lipinski definition) is 5. The van der Waals surface area contributed by atoms with Crippen LogP contribution in [0.1, 0.15) is 43.2 Å². The maximum Gasteiger partial charge on any atom is 0.265 e. The number of carbonyl (C=O) groups is 3. The molecule has 32 heavy (non-hydrogen) atoms. The van der Waals surface area contributed by atoms with Crippen LogP contribution in [-0.2, 0) is 7.05 Å². The molecule has 1 aromatic carbocycles. The van der Waals surface area contributed by atoms with E-state index in [1.165, 1.54) is 11.3 Å². The van der Waals surface area contributed by atoms with E-state index in [1.807, 2.05) is 16.3 Å². The Morgan fingerprint density at radius 1 is 1.09 bits per heavy atom. The van der Waals surface area contributed by atoms with Crippen molar-refractivity contribution in [3.8, 4) is 0 Å².